The molecule has 3 heteroatoms. The van der Waals surface area contributed by atoms with E-state index in [0.29, 0.717) is 0 Å². The van der Waals surface area contributed by atoms with Gasteiger partial charge in [0.25, 0.3) is 0 Å². The lowest BCUT2D eigenvalue weighted by molar-refractivity contribution is 0.213. The maximum absolute atomic E-state index is 5.87. The van der Waals surface area contributed by atoms with Crippen LogP contribution in [0.25, 0.3) is 0 Å². The van der Waals surface area contributed by atoms with Gasteiger partial charge in [0.05, 0.1) is 5.71 Å². The number of halogens is 1. The normalized spacial score (nSPS) is 11.3. The summed E-state index contributed by atoms with van der Waals surface area (Å²) in [5.41, 5.74) is 3.12. The van der Waals surface area contributed by atoms with Crippen LogP contribution in [0.2, 0.25) is 5.02 Å². The summed E-state index contributed by atoms with van der Waals surface area (Å²) >= 11 is 5.87. The van der Waals surface area contributed by atoms with Gasteiger partial charge in [0.15, 0.2) is 0 Å². The number of benzene rings is 2. The van der Waals surface area contributed by atoms with Crippen molar-refractivity contribution >= 4 is 17.3 Å². The third-order valence-corrected chi connectivity index (χ3v) is 2.85. The van der Waals surface area contributed by atoms with Gasteiger partial charge in [-0.25, -0.2) is 0 Å². The molecule has 0 aliphatic carbocycles. The summed E-state index contributed by atoms with van der Waals surface area (Å²) in [4.78, 5) is 4.92. The van der Waals surface area contributed by atoms with Crippen LogP contribution < -0.4 is 0 Å². The van der Waals surface area contributed by atoms with Crippen molar-refractivity contribution in [1.82, 2.24) is 0 Å². The van der Waals surface area contributed by atoms with Gasteiger partial charge in [0.2, 0.25) is 0 Å². The Morgan fingerprint density at radius 1 is 1.06 bits per heavy atom. The van der Waals surface area contributed by atoms with Crippen molar-refractivity contribution in [2.75, 3.05) is 7.11 Å². The van der Waals surface area contributed by atoms with Gasteiger partial charge in [-0.15, -0.1) is 0 Å². The number of rotatable bonds is 4. The molecular formula is C15H14ClNO. The van der Waals surface area contributed by atoms with Gasteiger partial charge in [-0.05, 0) is 23.3 Å². The van der Waals surface area contributed by atoms with E-state index in [1.807, 2.05) is 54.6 Å². The zero-order valence-electron chi connectivity index (χ0n) is 10.1. The first-order valence-electron chi connectivity index (χ1n) is 5.69. The zero-order valence-corrected chi connectivity index (χ0v) is 10.9. The highest BCUT2D eigenvalue weighted by Gasteiger charge is 2.05. The second kappa shape index (κ2) is 6.22. The van der Waals surface area contributed by atoms with Crippen LogP contribution in [0.15, 0.2) is 59.8 Å². The van der Waals surface area contributed by atoms with Crippen LogP contribution in [0.4, 0.5) is 0 Å². The predicted molar refractivity (Wildman–Crippen MR) is 75.1 cm³/mol. The van der Waals surface area contributed by atoms with Crippen LogP contribution in [0.3, 0.4) is 0 Å². The van der Waals surface area contributed by atoms with Crippen LogP contribution in [0.5, 0.6) is 0 Å². The summed E-state index contributed by atoms with van der Waals surface area (Å²) in [6, 6.07) is 17.8. The second-order valence-electron chi connectivity index (χ2n) is 3.89. The largest absolute Gasteiger partial charge is 0.399 e. The highest BCUT2D eigenvalue weighted by atomic mass is 35.5. The van der Waals surface area contributed by atoms with E-state index < -0.39 is 0 Å². The van der Waals surface area contributed by atoms with E-state index in [1.165, 1.54) is 0 Å². The minimum absolute atomic E-state index is 0.717. The minimum Gasteiger partial charge on any atom is -0.399 e. The lowest BCUT2D eigenvalue weighted by Gasteiger charge is -2.06. The van der Waals surface area contributed by atoms with Gasteiger partial charge in [-0.2, -0.15) is 0 Å². The van der Waals surface area contributed by atoms with E-state index in [2.05, 4.69) is 5.16 Å². The Labute approximate surface area is 112 Å². The maximum Gasteiger partial charge on any atom is 0.106 e. The number of hydrogen-bond donors (Lipinski definition) is 0. The lowest BCUT2D eigenvalue weighted by Crippen LogP contribution is -2.05. The summed E-state index contributed by atoms with van der Waals surface area (Å²) in [6.07, 6.45) is 0.717. The van der Waals surface area contributed by atoms with Gasteiger partial charge in [0, 0.05) is 11.4 Å². The van der Waals surface area contributed by atoms with Crippen molar-refractivity contribution in [3.63, 3.8) is 0 Å². The SMILES string of the molecule is CO/N=C(/Cc1ccc(Cl)cc1)c1ccccc1. The average Bonchev–Trinajstić information content (AvgIpc) is 2.42. The van der Waals surface area contributed by atoms with Crippen molar-refractivity contribution in [2.45, 2.75) is 6.42 Å². The van der Waals surface area contributed by atoms with Gasteiger partial charge < -0.3 is 4.84 Å². The number of hydrogen-bond acceptors (Lipinski definition) is 2. The molecule has 0 amide bonds. The Kier molecular flexibility index (Phi) is 4.37. The fraction of sp³-hybridized carbons (Fsp3) is 0.133. The van der Waals surface area contributed by atoms with Crippen LogP contribution in [-0.2, 0) is 11.3 Å². The molecule has 0 saturated carbocycles. The monoisotopic (exact) mass is 259 g/mol. The van der Waals surface area contributed by atoms with Crippen molar-refractivity contribution < 1.29 is 4.84 Å². The first kappa shape index (κ1) is 12.7. The van der Waals surface area contributed by atoms with Gasteiger partial charge >= 0.3 is 0 Å². The quantitative estimate of drug-likeness (QED) is 0.602. The molecule has 0 unspecified atom stereocenters. The highest BCUT2D eigenvalue weighted by Crippen LogP contribution is 2.13. The Bertz CT molecular complexity index is 520. The third kappa shape index (κ3) is 3.34. The summed E-state index contributed by atoms with van der Waals surface area (Å²) in [5, 5.41) is 4.84. The molecule has 92 valence electrons. The summed E-state index contributed by atoms with van der Waals surface area (Å²) < 4.78 is 0. The fourth-order valence-corrected chi connectivity index (χ4v) is 1.85. The Hall–Kier alpha value is -1.80. The topological polar surface area (TPSA) is 21.6 Å². The van der Waals surface area contributed by atoms with E-state index in [-0.39, 0.29) is 0 Å². The van der Waals surface area contributed by atoms with Crippen LogP contribution >= 0.6 is 11.6 Å². The van der Waals surface area contributed by atoms with Crippen LogP contribution in [-0.4, -0.2) is 12.8 Å². The van der Waals surface area contributed by atoms with E-state index in [0.717, 1.165) is 28.3 Å². The molecular weight excluding hydrogens is 246 g/mol. The summed E-state index contributed by atoms with van der Waals surface area (Å²) in [6.45, 7) is 0. The van der Waals surface area contributed by atoms with E-state index in [1.54, 1.807) is 7.11 Å². The molecule has 0 spiro atoms. The molecule has 0 N–H and O–H groups in total. The third-order valence-electron chi connectivity index (χ3n) is 2.59. The van der Waals surface area contributed by atoms with Crippen molar-refractivity contribution in [3.8, 4) is 0 Å². The molecule has 0 saturated heterocycles. The molecule has 2 rings (SSSR count). The molecule has 0 aromatic heterocycles. The molecule has 0 fully saturated rings. The number of oxime groups is 1. The van der Waals surface area contributed by atoms with Gasteiger partial charge in [-0.3, -0.25) is 0 Å². The van der Waals surface area contributed by atoms with Gasteiger partial charge in [-0.1, -0.05) is 59.2 Å². The van der Waals surface area contributed by atoms with E-state index in [9.17, 15) is 0 Å². The Morgan fingerprint density at radius 2 is 1.72 bits per heavy atom. The fourth-order valence-electron chi connectivity index (χ4n) is 1.72. The van der Waals surface area contributed by atoms with Crippen LogP contribution in [0.1, 0.15) is 11.1 Å². The van der Waals surface area contributed by atoms with Gasteiger partial charge in [0.1, 0.15) is 7.11 Å². The molecule has 2 aromatic carbocycles. The second-order valence-corrected chi connectivity index (χ2v) is 4.33. The molecule has 2 aromatic rings. The molecule has 0 atom stereocenters. The molecule has 0 bridgehead atoms. The molecule has 2 nitrogen and oxygen atoms in total. The van der Waals surface area contributed by atoms with E-state index in [4.69, 9.17) is 16.4 Å². The van der Waals surface area contributed by atoms with Crippen LogP contribution in [0, 0.1) is 0 Å². The zero-order chi connectivity index (χ0) is 12.8. The first-order chi connectivity index (χ1) is 8.79. The Balaban J connectivity index is 2.22. The Morgan fingerprint density at radius 3 is 2.33 bits per heavy atom. The molecule has 18 heavy (non-hydrogen) atoms. The first-order valence-corrected chi connectivity index (χ1v) is 6.07. The van der Waals surface area contributed by atoms with Crippen molar-refractivity contribution in [2.24, 2.45) is 5.16 Å². The number of nitrogens with zero attached hydrogens (tertiary/aromatic N) is 1. The standard InChI is InChI=1S/C15H14ClNO/c1-18-17-15(13-5-3-2-4-6-13)11-12-7-9-14(16)10-8-12/h2-10H,11H2,1H3/b17-15-. The molecule has 0 aliphatic rings. The summed E-state index contributed by atoms with van der Waals surface area (Å²) in [7, 11) is 1.56. The molecule has 0 heterocycles. The predicted octanol–water partition coefficient (Wildman–Crippen LogP) is 3.93. The van der Waals surface area contributed by atoms with Crippen molar-refractivity contribution in [1.29, 1.82) is 0 Å². The maximum atomic E-state index is 5.87. The molecule has 0 aliphatic heterocycles. The minimum atomic E-state index is 0.717. The smallest absolute Gasteiger partial charge is 0.106 e. The van der Waals surface area contributed by atoms with Crippen molar-refractivity contribution in [3.05, 3.63) is 70.7 Å². The lowest BCUT2D eigenvalue weighted by atomic mass is 10.0. The average molecular weight is 260 g/mol. The summed E-state index contributed by atoms with van der Waals surface area (Å²) in [5.74, 6) is 0. The highest BCUT2D eigenvalue weighted by molar-refractivity contribution is 6.30. The molecule has 0 radical (unpaired) electrons. The van der Waals surface area contributed by atoms with E-state index >= 15 is 0 Å².